The Kier molecular flexibility index (Phi) is 10.1. The van der Waals surface area contributed by atoms with Gasteiger partial charge in [-0.2, -0.15) is 0 Å². The van der Waals surface area contributed by atoms with Crippen LogP contribution in [0.4, 0.5) is 4.79 Å². The predicted molar refractivity (Wildman–Crippen MR) is 113 cm³/mol. The van der Waals surface area contributed by atoms with Crippen LogP contribution in [-0.2, 0) is 16.0 Å². The molecule has 0 aliphatic carbocycles. The van der Waals surface area contributed by atoms with Gasteiger partial charge in [0.2, 0.25) is 0 Å². The van der Waals surface area contributed by atoms with Gasteiger partial charge in [-0.05, 0) is 25.3 Å². The Morgan fingerprint density at radius 1 is 1.29 bits per heavy atom. The Balaban J connectivity index is 1.69. The molecule has 5 nitrogen and oxygen atoms in total. The third-order valence-corrected chi connectivity index (χ3v) is 5.68. The third-order valence-electron chi connectivity index (χ3n) is 4.69. The number of carbonyl (C=O) groups is 2. The number of rotatable bonds is 12. The Hall–Kier alpha value is -1.79. The molecule has 154 valence electrons. The lowest BCUT2D eigenvalue weighted by molar-refractivity contribution is -0.143. The van der Waals surface area contributed by atoms with Crippen LogP contribution in [-0.4, -0.2) is 52.3 Å². The van der Waals surface area contributed by atoms with Gasteiger partial charge >= 0.3 is 5.97 Å². The van der Waals surface area contributed by atoms with Gasteiger partial charge < -0.3 is 14.7 Å². The molecule has 2 atom stereocenters. The minimum Gasteiger partial charge on any atom is -0.466 e. The first kappa shape index (κ1) is 22.5. The molecule has 0 radical (unpaired) electrons. The van der Waals surface area contributed by atoms with E-state index in [4.69, 9.17) is 4.74 Å². The minimum absolute atomic E-state index is 0.0439. The average Bonchev–Trinajstić information content (AvgIpc) is 3.03. The van der Waals surface area contributed by atoms with E-state index in [0.29, 0.717) is 19.4 Å². The summed E-state index contributed by atoms with van der Waals surface area (Å²) in [7, 11) is 0. The first-order valence-electron chi connectivity index (χ1n) is 10.1. The van der Waals surface area contributed by atoms with Gasteiger partial charge in [-0.3, -0.25) is 9.59 Å². The Morgan fingerprint density at radius 3 is 2.79 bits per heavy atom. The summed E-state index contributed by atoms with van der Waals surface area (Å²) in [5, 5.41) is 10.3. The molecule has 1 fully saturated rings. The van der Waals surface area contributed by atoms with Gasteiger partial charge in [-0.25, -0.2) is 0 Å². The molecule has 0 bridgehead atoms. The highest BCUT2D eigenvalue weighted by Crippen LogP contribution is 2.25. The number of nitrogens with zero attached hydrogens (tertiary/aromatic N) is 1. The van der Waals surface area contributed by atoms with Crippen molar-refractivity contribution in [2.24, 2.45) is 0 Å². The molecule has 0 aromatic heterocycles. The molecule has 1 N–H and O–H groups in total. The fourth-order valence-corrected chi connectivity index (χ4v) is 4.20. The Labute approximate surface area is 172 Å². The van der Waals surface area contributed by atoms with E-state index >= 15 is 0 Å². The maximum atomic E-state index is 12.1. The number of hydrogen-bond acceptors (Lipinski definition) is 5. The first-order chi connectivity index (χ1) is 13.6. The summed E-state index contributed by atoms with van der Waals surface area (Å²) >= 11 is 1.34. The molecular formula is C22H31NO4S. The quantitative estimate of drug-likeness (QED) is 0.321. The summed E-state index contributed by atoms with van der Waals surface area (Å²) in [5.74, 6) is 0.601. The van der Waals surface area contributed by atoms with Gasteiger partial charge in [0, 0.05) is 25.1 Å². The van der Waals surface area contributed by atoms with Crippen molar-refractivity contribution in [1.29, 1.82) is 0 Å². The van der Waals surface area contributed by atoms with Crippen molar-refractivity contribution in [3.63, 3.8) is 0 Å². The van der Waals surface area contributed by atoms with E-state index in [1.807, 2.05) is 54.3 Å². The standard InChI is InChI=1S/C22H31NO4S/c1-2-27-21(25)12-8-3-4-9-15-23-19(17-28-22(23)26)13-14-20(24)16-18-10-6-5-7-11-18/h5-7,10-11,13-14,19-20,24H,2-4,8-9,12,15-17H2,1H3/b14-13+/t19-,20?/m0/s1. The van der Waals surface area contributed by atoms with Gasteiger partial charge in [0.1, 0.15) is 0 Å². The smallest absolute Gasteiger partial charge is 0.305 e. The van der Waals surface area contributed by atoms with E-state index in [1.54, 1.807) is 0 Å². The molecule has 1 amide bonds. The SMILES string of the molecule is CCOC(=O)CCCCCCN1C(=O)SC[C@@H]1/C=C/C(O)Cc1ccccc1. The molecular weight excluding hydrogens is 374 g/mol. The number of aliphatic hydroxyl groups excluding tert-OH is 1. The van der Waals surface area contributed by atoms with Crippen molar-refractivity contribution in [3.8, 4) is 0 Å². The van der Waals surface area contributed by atoms with Crippen molar-refractivity contribution >= 4 is 23.0 Å². The van der Waals surface area contributed by atoms with Crippen LogP contribution < -0.4 is 0 Å². The number of hydrogen-bond donors (Lipinski definition) is 1. The summed E-state index contributed by atoms with van der Waals surface area (Å²) in [4.78, 5) is 25.3. The molecule has 28 heavy (non-hydrogen) atoms. The topological polar surface area (TPSA) is 66.8 Å². The van der Waals surface area contributed by atoms with Crippen molar-refractivity contribution in [2.75, 3.05) is 18.9 Å². The minimum atomic E-state index is -0.548. The van der Waals surface area contributed by atoms with Gasteiger partial charge in [-0.1, -0.05) is 67.1 Å². The maximum absolute atomic E-state index is 12.1. The molecule has 1 aliphatic heterocycles. The van der Waals surface area contributed by atoms with Crippen LogP contribution in [0.2, 0.25) is 0 Å². The highest BCUT2D eigenvalue weighted by atomic mass is 32.2. The first-order valence-corrected chi connectivity index (χ1v) is 11.1. The van der Waals surface area contributed by atoms with E-state index < -0.39 is 6.10 Å². The third kappa shape index (κ3) is 8.07. The maximum Gasteiger partial charge on any atom is 0.305 e. The number of ether oxygens (including phenoxy) is 1. The Bertz CT molecular complexity index is 635. The van der Waals surface area contributed by atoms with Crippen LogP contribution in [0.3, 0.4) is 0 Å². The van der Waals surface area contributed by atoms with Crippen molar-refractivity contribution in [1.82, 2.24) is 4.90 Å². The van der Waals surface area contributed by atoms with E-state index in [-0.39, 0.29) is 17.3 Å². The molecule has 1 aliphatic rings. The van der Waals surface area contributed by atoms with Crippen LogP contribution in [0.1, 0.15) is 44.6 Å². The lowest BCUT2D eigenvalue weighted by Gasteiger charge is -2.21. The van der Waals surface area contributed by atoms with Crippen LogP contribution in [0.25, 0.3) is 0 Å². The van der Waals surface area contributed by atoms with E-state index in [0.717, 1.165) is 43.5 Å². The van der Waals surface area contributed by atoms with Crippen LogP contribution in [0.15, 0.2) is 42.5 Å². The summed E-state index contributed by atoms with van der Waals surface area (Å²) < 4.78 is 4.92. The van der Waals surface area contributed by atoms with Gasteiger partial charge in [0.15, 0.2) is 0 Å². The molecule has 1 unspecified atom stereocenters. The number of aliphatic hydroxyl groups is 1. The largest absolute Gasteiger partial charge is 0.466 e. The molecule has 1 aromatic carbocycles. The molecule has 1 aromatic rings. The summed E-state index contributed by atoms with van der Waals surface area (Å²) in [6, 6.07) is 9.93. The molecule has 0 spiro atoms. The molecule has 6 heteroatoms. The number of benzene rings is 1. The number of carbonyl (C=O) groups excluding carboxylic acids is 2. The number of thioether (sulfide) groups is 1. The summed E-state index contributed by atoms with van der Waals surface area (Å²) in [5.41, 5.74) is 1.09. The monoisotopic (exact) mass is 405 g/mol. The van der Waals surface area contributed by atoms with Crippen molar-refractivity contribution in [3.05, 3.63) is 48.0 Å². The second kappa shape index (κ2) is 12.6. The normalized spacial score (nSPS) is 18.0. The molecule has 1 saturated heterocycles. The zero-order chi connectivity index (χ0) is 20.2. The summed E-state index contributed by atoms with van der Waals surface area (Å²) in [6.07, 6.45) is 7.97. The fraction of sp³-hybridized carbons (Fsp3) is 0.545. The van der Waals surface area contributed by atoms with Gasteiger partial charge in [-0.15, -0.1) is 0 Å². The second-order valence-corrected chi connectivity index (χ2v) is 7.92. The number of esters is 1. The lowest BCUT2D eigenvalue weighted by Crippen LogP contribution is -2.33. The fourth-order valence-electron chi connectivity index (χ4n) is 3.20. The lowest BCUT2D eigenvalue weighted by atomic mass is 10.1. The van der Waals surface area contributed by atoms with E-state index in [1.165, 1.54) is 11.8 Å². The molecule has 2 rings (SSSR count). The van der Waals surface area contributed by atoms with Crippen molar-refractivity contribution < 1.29 is 19.4 Å². The predicted octanol–water partition coefficient (Wildman–Crippen LogP) is 4.20. The summed E-state index contributed by atoms with van der Waals surface area (Å²) in [6.45, 7) is 2.96. The number of unbranched alkanes of at least 4 members (excludes halogenated alkanes) is 3. The highest BCUT2D eigenvalue weighted by molar-refractivity contribution is 8.13. The van der Waals surface area contributed by atoms with Crippen LogP contribution in [0, 0.1) is 0 Å². The van der Waals surface area contributed by atoms with E-state index in [9.17, 15) is 14.7 Å². The highest BCUT2D eigenvalue weighted by Gasteiger charge is 2.29. The second-order valence-electron chi connectivity index (χ2n) is 6.95. The van der Waals surface area contributed by atoms with Gasteiger partial charge in [0.05, 0.1) is 18.8 Å². The Morgan fingerprint density at radius 2 is 2.04 bits per heavy atom. The molecule has 0 saturated carbocycles. The zero-order valence-corrected chi connectivity index (χ0v) is 17.4. The van der Waals surface area contributed by atoms with Gasteiger partial charge in [0.25, 0.3) is 5.24 Å². The molecule has 1 heterocycles. The van der Waals surface area contributed by atoms with Crippen LogP contribution >= 0.6 is 11.8 Å². The van der Waals surface area contributed by atoms with E-state index in [2.05, 4.69) is 0 Å². The van der Waals surface area contributed by atoms with Crippen LogP contribution in [0.5, 0.6) is 0 Å². The van der Waals surface area contributed by atoms with Crippen molar-refractivity contribution in [2.45, 2.75) is 57.6 Å². The zero-order valence-electron chi connectivity index (χ0n) is 16.6. The number of amides is 1. The average molecular weight is 406 g/mol.